The highest BCUT2D eigenvalue weighted by molar-refractivity contribution is 5.67. The van der Waals surface area contributed by atoms with E-state index in [9.17, 15) is 13.2 Å². The van der Waals surface area contributed by atoms with Gasteiger partial charge in [0.15, 0.2) is 23.6 Å². The average Bonchev–Trinajstić information content (AvgIpc) is 2.70. The topological polar surface area (TPSA) is 18.5 Å². The predicted octanol–water partition coefficient (Wildman–Crippen LogP) is 6.15. The van der Waals surface area contributed by atoms with Gasteiger partial charge in [-0.15, -0.1) is 6.58 Å². The van der Waals surface area contributed by atoms with Gasteiger partial charge in [-0.05, 0) is 49.7 Å². The monoisotopic (exact) mass is 394 g/mol. The van der Waals surface area contributed by atoms with Crippen molar-refractivity contribution in [2.75, 3.05) is 13.2 Å². The molecule has 1 aliphatic carbocycles. The van der Waals surface area contributed by atoms with E-state index in [1.165, 1.54) is 0 Å². The van der Waals surface area contributed by atoms with Crippen molar-refractivity contribution < 1.29 is 22.6 Å². The maximum absolute atomic E-state index is 14.6. The lowest BCUT2D eigenvalue weighted by molar-refractivity contribution is -0.254. The number of benzene rings is 1. The van der Waals surface area contributed by atoms with Gasteiger partial charge in [0.05, 0.1) is 13.2 Å². The lowest BCUT2D eigenvalue weighted by Gasteiger charge is -2.38. The zero-order chi connectivity index (χ0) is 20.1. The highest BCUT2D eigenvalue weighted by atomic mass is 19.2. The van der Waals surface area contributed by atoms with Gasteiger partial charge in [-0.1, -0.05) is 37.6 Å². The first kappa shape index (κ1) is 21.1. The summed E-state index contributed by atoms with van der Waals surface area (Å²) in [5.74, 6) is -1.44. The standard InChI is InChI=1S/C23H29F3O2/c1-3-5-6-17-11-12-19(21(25)20(17)24)16-7-9-18(10-8-16)22-27-14-23(26,13-4-2)15-28-22/h3,7,11-12,18,22H,1,4-6,8-10,13-15H2,2H3. The third-order valence-corrected chi connectivity index (χ3v) is 5.67. The number of aryl methyl sites for hydroxylation is 1. The van der Waals surface area contributed by atoms with E-state index in [1.807, 2.05) is 13.0 Å². The molecule has 0 aromatic heterocycles. The van der Waals surface area contributed by atoms with Gasteiger partial charge < -0.3 is 9.47 Å². The molecule has 1 aromatic carbocycles. The minimum atomic E-state index is -1.39. The fraction of sp³-hybridized carbons (Fsp3) is 0.565. The van der Waals surface area contributed by atoms with Gasteiger partial charge in [0.1, 0.15) is 0 Å². The molecule has 1 atom stereocenters. The van der Waals surface area contributed by atoms with Crippen LogP contribution in [-0.4, -0.2) is 25.2 Å². The van der Waals surface area contributed by atoms with E-state index in [4.69, 9.17) is 9.47 Å². The molecule has 2 nitrogen and oxygen atoms in total. The molecular weight excluding hydrogens is 365 g/mol. The fourth-order valence-electron chi connectivity index (χ4n) is 4.05. The van der Waals surface area contributed by atoms with Crippen LogP contribution in [0.5, 0.6) is 0 Å². The molecule has 1 unspecified atom stereocenters. The summed E-state index contributed by atoms with van der Waals surface area (Å²) >= 11 is 0. The summed E-state index contributed by atoms with van der Waals surface area (Å²) in [7, 11) is 0. The summed E-state index contributed by atoms with van der Waals surface area (Å²) in [6.07, 6.45) is 7.44. The SMILES string of the molecule is C=CCCc1ccc(C2=CCC(C3OCC(F)(CCC)CO3)CC2)c(F)c1F. The van der Waals surface area contributed by atoms with Crippen LogP contribution in [0, 0.1) is 17.6 Å². The van der Waals surface area contributed by atoms with Crippen LogP contribution in [0.4, 0.5) is 13.2 Å². The van der Waals surface area contributed by atoms with Crippen LogP contribution in [0.3, 0.4) is 0 Å². The molecule has 0 radical (unpaired) electrons. The van der Waals surface area contributed by atoms with Crippen molar-refractivity contribution in [3.63, 3.8) is 0 Å². The summed E-state index contributed by atoms with van der Waals surface area (Å²) in [5.41, 5.74) is 0.120. The van der Waals surface area contributed by atoms with E-state index in [0.29, 0.717) is 43.2 Å². The van der Waals surface area contributed by atoms with Crippen LogP contribution in [0.15, 0.2) is 30.9 Å². The second kappa shape index (κ2) is 9.27. The zero-order valence-electron chi connectivity index (χ0n) is 16.5. The minimum Gasteiger partial charge on any atom is -0.349 e. The third kappa shape index (κ3) is 4.69. The Morgan fingerprint density at radius 1 is 1.21 bits per heavy atom. The highest BCUT2D eigenvalue weighted by Gasteiger charge is 2.39. The Hall–Kier alpha value is -1.59. The Balaban J connectivity index is 1.63. The second-order valence-electron chi connectivity index (χ2n) is 7.88. The van der Waals surface area contributed by atoms with Crippen molar-refractivity contribution in [1.82, 2.24) is 0 Å². The molecule has 5 heteroatoms. The Labute approximate surface area is 165 Å². The molecule has 0 spiro atoms. The molecule has 1 aromatic rings. The quantitative estimate of drug-likeness (QED) is 0.517. The largest absolute Gasteiger partial charge is 0.349 e. The average molecular weight is 394 g/mol. The van der Waals surface area contributed by atoms with E-state index >= 15 is 0 Å². The molecule has 0 amide bonds. The molecule has 3 rings (SSSR count). The van der Waals surface area contributed by atoms with Crippen molar-refractivity contribution in [2.45, 2.75) is 63.8 Å². The molecule has 1 heterocycles. The normalized spacial score (nSPS) is 28.1. The third-order valence-electron chi connectivity index (χ3n) is 5.67. The van der Waals surface area contributed by atoms with Crippen LogP contribution >= 0.6 is 0 Å². The number of halogens is 3. The number of ether oxygens (including phenoxy) is 2. The van der Waals surface area contributed by atoms with Gasteiger partial charge >= 0.3 is 0 Å². The Kier molecular flexibility index (Phi) is 7.00. The second-order valence-corrected chi connectivity index (χ2v) is 7.88. The highest BCUT2D eigenvalue weighted by Crippen LogP contribution is 2.37. The first-order chi connectivity index (χ1) is 13.5. The van der Waals surface area contributed by atoms with E-state index in [-0.39, 0.29) is 19.1 Å². The van der Waals surface area contributed by atoms with Crippen LogP contribution in [0.2, 0.25) is 0 Å². The van der Waals surface area contributed by atoms with Crippen LogP contribution in [0.1, 0.15) is 56.6 Å². The number of alkyl halides is 1. The minimum absolute atomic E-state index is 0.0601. The molecule has 0 bridgehead atoms. The van der Waals surface area contributed by atoms with Crippen molar-refractivity contribution in [3.05, 3.63) is 53.6 Å². The van der Waals surface area contributed by atoms with Crippen LogP contribution < -0.4 is 0 Å². The molecule has 1 aliphatic heterocycles. The van der Waals surface area contributed by atoms with E-state index in [0.717, 1.165) is 18.4 Å². The summed E-state index contributed by atoms with van der Waals surface area (Å²) in [5, 5.41) is 0. The van der Waals surface area contributed by atoms with Crippen molar-refractivity contribution in [3.8, 4) is 0 Å². The van der Waals surface area contributed by atoms with Gasteiger partial charge in [0, 0.05) is 11.5 Å². The molecule has 2 aliphatic rings. The van der Waals surface area contributed by atoms with Crippen LogP contribution in [-0.2, 0) is 15.9 Å². The summed E-state index contributed by atoms with van der Waals surface area (Å²) in [4.78, 5) is 0. The summed E-state index contributed by atoms with van der Waals surface area (Å²) < 4.78 is 54.6. The first-order valence-electron chi connectivity index (χ1n) is 10.2. The van der Waals surface area contributed by atoms with E-state index in [2.05, 4.69) is 6.58 Å². The van der Waals surface area contributed by atoms with Crippen molar-refractivity contribution in [1.29, 1.82) is 0 Å². The lowest BCUT2D eigenvalue weighted by Crippen LogP contribution is -2.46. The van der Waals surface area contributed by atoms with E-state index in [1.54, 1.807) is 18.2 Å². The number of allylic oxidation sites excluding steroid dienone is 3. The lowest BCUT2D eigenvalue weighted by atomic mass is 9.85. The van der Waals surface area contributed by atoms with Gasteiger partial charge in [-0.3, -0.25) is 0 Å². The van der Waals surface area contributed by atoms with Gasteiger partial charge in [-0.25, -0.2) is 13.2 Å². The first-order valence-corrected chi connectivity index (χ1v) is 10.2. The maximum atomic E-state index is 14.6. The Morgan fingerprint density at radius 3 is 2.57 bits per heavy atom. The number of hydrogen-bond donors (Lipinski definition) is 0. The molecule has 1 fully saturated rings. The maximum Gasteiger partial charge on any atom is 0.166 e. The van der Waals surface area contributed by atoms with Gasteiger partial charge in [0.2, 0.25) is 0 Å². The van der Waals surface area contributed by atoms with Crippen molar-refractivity contribution in [2.24, 2.45) is 5.92 Å². The number of rotatable bonds is 7. The van der Waals surface area contributed by atoms with Crippen LogP contribution in [0.25, 0.3) is 5.57 Å². The molecular formula is C23H29F3O2. The van der Waals surface area contributed by atoms with Crippen molar-refractivity contribution >= 4 is 5.57 Å². The summed E-state index contributed by atoms with van der Waals surface area (Å²) in [6, 6.07) is 3.32. The Bertz CT molecular complexity index is 721. The Morgan fingerprint density at radius 2 is 1.96 bits per heavy atom. The fourth-order valence-corrected chi connectivity index (χ4v) is 4.05. The molecule has 154 valence electrons. The molecule has 0 N–H and O–H groups in total. The smallest absolute Gasteiger partial charge is 0.166 e. The number of hydrogen-bond acceptors (Lipinski definition) is 2. The van der Waals surface area contributed by atoms with Gasteiger partial charge in [-0.2, -0.15) is 0 Å². The zero-order valence-corrected chi connectivity index (χ0v) is 16.5. The molecule has 0 saturated carbocycles. The predicted molar refractivity (Wildman–Crippen MR) is 105 cm³/mol. The molecule has 1 saturated heterocycles. The summed E-state index contributed by atoms with van der Waals surface area (Å²) in [6.45, 7) is 5.67. The molecule has 28 heavy (non-hydrogen) atoms. The van der Waals surface area contributed by atoms with Gasteiger partial charge in [0.25, 0.3) is 0 Å². The van der Waals surface area contributed by atoms with E-state index < -0.39 is 23.6 Å².